The van der Waals surface area contributed by atoms with Crippen molar-refractivity contribution in [2.24, 2.45) is 5.92 Å². The van der Waals surface area contributed by atoms with Crippen molar-refractivity contribution in [2.75, 3.05) is 13.1 Å². The minimum atomic E-state index is -0.0260. The minimum absolute atomic E-state index is 0.0260. The molecular formula is C9H15N2O2. The highest BCUT2D eigenvalue weighted by Crippen LogP contribution is 2.11. The molecule has 4 heteroatoms. The number of nitrogens with one attached hydrogen (secondary N) is 1. The van der Waals surface area contributed by atoms with E-state index in [9.17, 15) is 9.59 Å². The molecule has 1 aliphatic heterocycles. The summed E-state index contributed by atoms with van der Waals surface area (Å²) in [5.74, 6) is 0.0102. The van der Waals surface area contributed by atoms with Crippen molar-refractivity contribution in [3.8, 4) is 0 Å². The summed E-state index contributed by atoms with van der Waals surface area (Å²) < 4.78 is 0. The first-order valence-electron chi connectivity index (χ1n) is 4.68. The van der Waals surface area contributed by atoms with Crippen LogP contribution in [0.2, 0.25) is 0 Å². The van der Waals surface area contributed by atoms with Gasteiger partial charge in [0.05, 0.1) is 0 Å². The molecule has 1 saturated heterocycles. The van der Waals surface area contributed by atoms with E-state index in [4.69, 9.17) is 0 Å². The highest BCUT2D eigenvalue weighted by atomic mass is 16.2. The third kappa shape index (κ3) is 3.14. The Kier molecular flexibility index (Phi) is 3.89. The molecule has 1 rings (SSSR count). The Morgan fingerprint density at radius 2 is 2.46 bits per heavy atom. The number of hydrogen-bond acceptors (Lipinski definition) is 3. The van der Waals surface area contributed by atoms with Gasteiger partial charge in [-0.1, -0.05) is 6.92 Å². The molecule has 0 bridgehead atoms. The maximum atomic E-state index is 11.1. The molecule has 0 aliphatic carbocycles. The van der Waals surface area contributed by atoms with Gasteiger partial charge in [0.2, 0.25) is 12.2 Å². The number of hydrazine groups is 1. The Morgan fingerprint density at radius 1 is 1.69 bits per heavy atom. The fourth-order valence-corrected chi connectivity index (χ4v) is 1.42. The van der Waals surface area contributed by atoms with E-state index in [0.29, 0.717) is 13.0 Å². The fourth-order valence-electron chi connectivity index (χ4n) is 1.42. The van der Waals surface area contributed by atoms with Crippen LogP contribution in [0.15, 0.2) is 0 Å². The number of carbonyl (C=O) groups excluding carboxylic acids is 2. The molecule has 0 aromatic heterocycles. The third-order valence-electron chi connectivity index (χ3n) is 2.11. The average molecular weight is 183 g/mol. The summed E-state index contributed by atoms with van der Waals surface area (Å²) in [7, 11) is 0. The topological polar surface area (TPSA) is 49.4 Å². The van der Waals surface area contributed by atoms with Crippen LogP contribution in [0.25, 0.3) is 0 Å². The largest absolute Gasteiger partial charge is 0.291 e. The van der Waals surface area contributed by atoms with E-state index in [-0.39, 0.29) is 11.8 Å². The maximum absolute atomic E-state index is 11.1. The predicted octanol–water partition coefficient (Wildman–Crippen LogP) is 0.249. The van der Waals surface area contributed by atoms with Gasteiger partial charge >= 0.3 is 0 Å². The van der Waals surface area contributed by atoms with Crippen LogP contribution >= 0.6 is 0 Å². The predicted molar refractivity (Wildman–Crippen MR) is 48.4 cm³/mol. The van der Waals surface area contributed by atoms with Crippen LogP contribution in [0.3, 0.4) is 0 Å². The smallest absolute Gasteiger partial charge is 0.234 e. The number of rotatable bonds is 4. The summed E-state index contributed by atoms with van der Waals surface area (Å²) >= 11 is 0. The zero-order valence-corrected chi connectivity index (χ0v) is 7.88. The second-order valence-electron chi connectivity index (χ2n) is 3.33. The van der Waals surface area contributed by atoms with Gasteiger partial charge in [-0.25, -0.2) is 5.01 Å². The van der Waals surface area contributed by atoms with Crippen molar-refractivity contribution in [1.29, 1.82) is 0 Å². The zero-order chi connectivity index (χ0) is 9.68. The molecule has 1 heterocycles. The lowest BCUT2D eigenvalue weighted by Gasteiger charge is -2.15. The van der Waals surface area contributed by atoms with Crippen molar-refractivity contribution in [3.05, 3.63) is 0 Å². The number of hydrogen-bond donors (Lipinski definition) is 1. The van der Waals surface area contributed by atoms with E-state index < -0.39 is 0 Å². The van der Waals surface area contributed by atoms with E-state index in [1.807, 2.05) is 13.2 Å². The maximum Gasteiger partial charge on any atom is 0.234 e. The molecule has 0 saturated carbocycles. The van der Waals surface area contributed by atoms with Gasteiger partial charge in [-0.15, -0.1) is 0 Å². The van der Waals surface area contributed by atoms with E-state index in [0.717, 1.165) is 19.4 Å². The molecule has 4 nitrogen and oxygen atoms in total. The Hall–Kier alpha value is -0.900. The molecule has 0 spiro atoms. The molecule has 73 valence electrons. The molecule has 1 aliphatic rings. The Labute approximate surface area is 78.3 Å². The third-order valence-corrected chi connectivity index (χ3v) is 2.11. The minimum Gasteiger partial charge on any atom is -0.291 e. The molecule has 0 aromatic rings. The second kappa shape index (κ2) is 4.97. The van der Waals surface area contributed by atoms with E-state index in [1.165, 1.54) is 0 Å². The summed E-state index contributed by atoms with van der Waals surface area (Å²) in [6, 6.07) is 0. The van der Waals surface area contributed by atoms with Crippen LogP contribution in [-0.4, -0.2) is 30.3 Å². The van der Waals surface area contributed by atoms with Crippen molar-refractivity contribution in [2.45, 2.75) is 26.2 Å². The molecular weight excluding hydrogens is 168 g/mol. The van der Waals surface area contributed by atoms with Gasteiger partial charge in [0.1, 0.15) is 0 Å². The molecule has 1 fully saturated rings. The zero-order valence-electron chi connectivity index (χ0n) is 7.88. The molecule has 1 radical (unpaired) electrons. The quantitative estimate of drug-likeness (QED) is 0.679. The first-order valence-corrected chi connectivity index (χ1v) is 4.68. The van der Waals surface area contributed by atoms with E-state index in [2.05, 4.69) is 5.43 Å². The highest BCUT2D eigenvalue weighted by molar-refractivity contribution is 5.75. The summed E-state index contributed by atoms with van der Waals surface area (Å²) in [6.45, 7) is 3.33. The van der Waals surface area contributed by atoms with Crippen molar-refractivity contribution in [1.82, 2.24) is 10.4 Å². The van der Waals surface area contributed by atoms with Crippen LogP contribution in [0.4, 0.5) is 0 Å². The number of nitrogens with zero attached hydrogens (tertiary/aromatic N) is 1. The lowest BCUT2D eigenvalue weighted by molar-refractivity contribution is -0.125. The van der Waals surface area contributed by atoms with Crippen LogP contribution in [0, 0.1) is 5.92 Å². The van der Waals surface area contributed by atoms with Crippen molar-refractivity contribution >= 4 is 12.2 Å². The Bertz CT molecular complexity index is 194. The lowest BCUT2D eigenvalue weighted by Crippen LogP contribution is -2.40. The second-order valence-corrected chi connectivity index (χ2v) is 3.33. The summed E-state index contributed by atoms with van der Waals surface area (Å²) in [6.07, 6.45) is 4.16. The average Bonchev–Trinajstić information content (AvgIpc) is 2.52. The van der Waals surface area contributed by atoms with E-state index in [1.54, 1.807) is 5.01 Å². The van der Waals surface area contributed by atoms with Crippen LogP contribution in [-0.2, 0) is 9.59 Å². The first kappa shape index (κ1) is 10.2. The van der Waals surface area contributed by atoms with Crippen LogP contribution in [0.5, 0.6) is 0 Å². The standard InChI is InChI=1S/C9H15N2O2/c1-2-3-9(13)10-11-5-4-8(6-11)7-12/h8H,2-6H2,1H3,(H,10,13). The Morgan fingerprint density at radius 3 is 3.00 bits per heavy atom. The van der Waals surface area contributed by atoms with Gasteiger partial charge in [0.25, 0.3) is 0 Å². The van der Waals surface area contributed by atoms with Crippen molar-refractivity contribution < 1.29 is 9.59 Å². The monoisotopic (exact) mass is 183 g/mol. The fraction of sp³-hybridized carbons (Fsp3) is 0.778. The summed E-state index contributed by atoms with van der Waals surface area (Å²) in [5, 5.41) is 1.80. The van der Waals surface area contributed by atoms with Gasteiger partial charge in [0.15, 0.2) is 0 Å². The van der Waals surface area contributed by atoms with Gasteiger partial charge in [-0.3, -0.25) is 15.0 Å². The molecule has 13 heavy (non-hydrogen) atoms. The molecule has 1 atom stereocenters. The van der Waals surface area contributed by atoms with Crippen molar-refractivity contribution in [3.63, 3.8) is 0 Å². The molecule has 0 aromatic carbocycles. The Balaban J connectivity index is 2.23. The van der Waals surface area contributed by atoms with E-state index >= 15 is 0 Å². The van der Waals surface area contributed by atoms with Crippen LogP contribution in [0.1, 0.15) is 26.2 Å². The number of amides is 1. The normalized spacial score (nSPS) is 23.0. The SMILES string of the molecule is CCCC(=O)NN1CCC([C]=O)C1. The van der Waals surface area contributed by atoms with Crippen LogP contribution < -0.4 is 5.43 Å². The molecule has 1 N–H and O–H groups in total. The summed E-state index contributed by atoms with van der Waals surface area (Å²) in [4.78, 5) is 21.4. The number of carbonyl (C=O) groups is 1. The summed E-state index contributed by atoms with van der Waals surface area (Å²) in [5.41, 5.74) is 2.76. The molecule has 1 unspecified atom stereocenters. The van der Waals surface area contributed by atoms with Gasteiger partial charge < -0.3 is 0 Å². The van der Waals surface area contributed by atoms with Gasteiger partial charge in [0, 0.05) is 25.4 Å². The lowest BCUT2D eigenvalue weighted by atomic mass is 10.1. The van der Waals surface area contributed by atoms with Gasteiger partial charge in [-0.05, 0) is 12.8 Å². The first-order chi connectivity index (χ1) is 6.26. The molecule has 1 amide bonds. The highest BCUT2D eigenvalue weighted by Gasteiger charge is 2.23. The van der Waals surface area contributed by atoms with Gasteiger partial charge in [-0.2, -0.15) is 0 Å².